The van der Waals surface area contributed by atoms with E-state index in [-0.39, 0.29) is 17.6 Å². The highest BCUT2D eigenvalue weighted by atomic mass is 19.1. The van der Waals surface area contributed by atoms with Crippen LogP contribution in [0.5, 0.6) is 0 Å². The van der Waals surface area contributed by atoms with Gasteiger partial charge in [0.2, 0.25) is 5.91 Å². The second-order valence-electron chi connectivity index (χ2n) is 6.44. The fourth-order valence-corrected chi connectivity index (χ4v) is 3.22. The first-order valence-electron chi connectivity index (χ1n) is 8.62. The van der Waals surface area contributed by atoms with Crippen LogP contribution in [0.3, 0.4) is 0 Å². The van der Waals surface area contributed by atoms with E-state index in [0.29, 0.717) is 18.9 Å². The van der Waals surface area contributed by atoms with Crippen molar-refractivity contribution in [2.24, 2.45) is 5.92 Å². The lowest BCUT2D eigenvalue weighted by molar-refractivity contribution is -0.132. The molecular formula is C20H23FN2O. The van der Waals surface area contributed by atoms with E-state index in [0.717, 1.165) is 30.5 Å². The Hall–Kier alpha value is -2.23. The summed E-state index contributed by atoms with van der Waals surface area (Å²) in [4.78, 5) is 18.9. The summed E-state index contributed by atoms with van der Waals surface area (Å²) in [6.07, 6.45) is 6.14. The molecule has 3 nitrogen and oxygen atoms in total. The summed E-state index contributed by atoms with van der Waals surface area (Å²) in [6.45, 7) is 3.48. The van der Waals surface area contributed by atoms with Crippen LogP contribution in [0.15, 0.2) is 48.8 Å². The number of rotatable bonds is 7. The van der Waals surface area contributed by atoms with E-state index in [9.17, 15) is 9.18 Å². The molecule has 1 aromatic heterocycles. The van der Waals surface area contributed by atoms with Crippen molar-refractivity contribution in [1.29, 1.82) is 0 Å². The highest BCUT2D eigenvalue weighted by molar-refractivity contribution is 5.83. The van der Waals surface area contributed by atoms with E-state index >= 15 is 0 Å². The van der Waals surface area contributed by atoms with Crippen molar-refractivity contribution in [3.05, 3.63) is 65.7 Å². The van der Waals surface area contributed by atoms with Gasteiger partial charge in [-0.15, -0.1) is 0 Å². The zero-order chi connectivity index (χ0) is 16.9. The normalized spacial score (nSPS) is 19.1. The third-order valence-electron chi connectivity index (χ3n) is 4.58. The Morgan fingerprint density at radius 3 is 2.88 bits per heavy atom. The molecule has 1 fully saturated rings. The summed E-state index contributed by atoms with van der Waals surface area (Å²) >= 11 is 0. The summed E-state index contributed by atoms with van der Waals surface area (Å²) in [5.74, 6) is 0.384. The molecule has 24 heavy (non-hydrogen) atoms. The van der Waals surface area contributed by atoms with Crippen LogP contribution in [-0.4, -0.2) is 28.9 Å². The number of aromatic nitrogens is 1. The first-order valence-corrected chi connectivity index (χ1v) is 8.62. The standard InChI is InChI=1S/C20H23FN2O/c1-2-10-23(11-8-15-5-3-7-17(21)12-15)20(24)19-13-18(19)16-6-4-9-22-14-16/h3-7,9,12,14,18-19H,2,8,10-11,13H2,1H3. The van der Waals surface area contributed by atoms with E-state index in [1.54, 1.807) is 18.3 Å². The number of hydrogen-bond donors (Lipinski definition) is 0. The average Bonchev–Trinajstić information content (AvgIpc) is 3.39. The minimum absolute atomic E-state index is 0.0771. The number of carbonyl (C=O) groups excluding carboxylic acids is 1. The molecule has 4 heteroatoms. The second-order valence-corrected chi connectivity index (χ2v) is 6.44. The van der Waals surface area contributed by atoms with Crippen LogP contribution in [-0.2, 0) is 11.2 Å². The summed E-state index contributed by atoms with van der Waals surface area (Å²) in [6, 6.07) is 10.6. The van der Waals surface area contributed by atoms with Crippen molar-refractivity contribution >= 4 is 5.91 Å². The minimum Gasteiger partial charge on any atom is -0.342 e. The Kier molecular flexibility index (Phi) is 5.24. The van der Waals surface area contributed by atoms with Gasteiger partial charge in [-0.1, -0.05) is 25.1 Å². The molecule has 1 amide bonds. The van der Waals surface area contributed by atoms with Crippen LogP contribution in [0.4, 0.5) is 4.39 Å². The number of hydrogen-bond acceptors (Lipinski definition) is 2. The molecule has 0 N–H and O–H groups in total. The Morgan fingerprint density at radius 1 is 1.29 bits per heavy atom. The van der Waals surface area contributed by atoms with Gasteiger partial charge in [-0.05, 0) is 54.5 Å². The highest BCUT2D eigenvalue weighted by Crippen LogP contribution is 2.48. The highest BCUT2D eigenvalue weighted by Gasteiger charge is 2.45. The first kappa shape index (κ1) is 16.6. The van der Waals surface area contributed by atoms with Gasteiger partial charge in [0.15, 0.2) is 0 Å². The second kappa shape index (κ2) is 7.56. The summed E-state index contributed by atoms with van der Waals surface area (Å²) < 4.78 is 13.3. The molecule has 2 atom stereocenters. The molecule has 1 aromatic carbocycles. The van der Waals surface area contributed by atoms with Gasteiger partial charge >= 0.3 is 0 Å². The Labute approximate surface area is 142 Å². The zero-order valence-corrected chi connectivity index (χ0v) is 14.0. The number of halogens is 1. The molecular weight excluding hydrogens is 303 g/mol. The maximum Gasteiger partial charge on any atom is 0.226 e. The van der Waals surface area contributed by atoms with E-state index in [4.69, 9.17) is 0 Å². The number of nitrogens with zero attached hydrogens (tertiary/aromatic N) is 2. The molecule has 1 aliphatic carbocycles. The molecule has 2 unspecified atom stereocenters. The van der Waals surface area contributed by atoms with Crippen LogP contribution >= 0.6 is 0 Å². The largest absolute Gasteiger partial charge is 0.342 e. The van der Waals surface area contributed by atoms with Gasteiger partial charge in [-0.2, -0.15) is 0 Å². The van der Waals surface area contributed by atoms with E-state index < -0.39 is 0 Å². The zero-order valence-electron chi connectivity index (χ0n) is 14.0. The van der Waals surface area contributed by atoms with Gasteiger partial charge < -0.3 is 4.90 Å². The molecule has 0 saturated heterocycles. The van der Waals surface area contributed by atoms with Crippen molar-refractivity contribution in [1.82, 2.24) is 9.88 Å². The van der Waals surface area contributed by atoms with Crippen LogP contribution in [0, 0.1) is 11.7 Å². The van der Waals surface area contributed by atoms with Crippen molar-refractivity contribution in [2.45, 2.75) is 32.1 Å². The SMILES string of the molecule is CCCN(CCc1cccc(F)c1)C(=O)C1CC1c1cccnc1. The van der Waals surface area contributed by atoms with Gasteiger partial charge in [-0.3, -0.25) is 9.78 Å². The quantitative estimate of drug-likeness (QED) is 0.775. The summed E-state index contributed by atoms with van der Waals surface area (Å²) in [7, 11) is 0. The van der Waals surface area contributed by atoms with Crippen LogP contribution in [0.1, 0.15) is 36.8 Å². The van der Waals surface area contributed by atoms with Crippen LogP contribution in [0.25, 0.3) is 0 Å². The van der Waals surface area contributed by atoms with Gasteiger partial charge in [0.1, 0.15) is 5.82 Å². The van der Waals surface area contributed by atoms with Gasteiger partial charge in [-0.25, -0.2) is 4.39 Å². The van der Waals surface area contributed by atoms with Crippen molar-refractivity contribution in [3.8, 4) is 0 Å². The first-order chi connectivity index (χ1) is 11.7. The monoisotopic (exact) mass is 326 g/mol. The minimum atomic E-state index is -0.222. The van der Waals surface area contributed by atoms with Crippen molar-refractivity contribution in [2.75, 3.05) is 13.1 Å². The molecule has 1 aliphatic rings. The van der Waals surface area contributed by atoms with E-state index in [1.165, 1.54) is 6.07 Å². The number of carbonyl (C=O) groups is 1. The topological polar surface area (TPSA) is 33.2 Å². The molecule has 1 saturated carbocycles. The third-order valence-corrected chi connectivity index (χ3v) is 4.58. The number of benzene rings is 1. The van der Waals surface area contributed by atoms with E-state index in [2.05, 4.69) is 11.9 Å². The maximum atomic E-state index is 13.3. The predicted octanol–water partition coefficient (Wildman–Crippen LogP) is 3.81. The van der Waals surface area contributed by atoms with Gasteiger partial charge in [0.05, 0.1) is 0 Å². The number of pyridine rings is 1. The smallest absolute Gasteiger partial charge is 0.226 e. The molecule has 2 aromatic rings. The molecule has 3 rings (SSSR count). The lowest BCUT2D eigenvalue weighted by atomic mass is 10.1. The molecule has 0 radical (unpaired) electrons. The fraction of sp³-hybridized carbons (Fsp3) is 0.400. The third kappa shape index (κ3) is 3.99. The maximum absolute atomic E-state index is 13.3. The Bertz CT molecular complexity index is 689. The Morgan fingerprint density at radius 2 is 2.17 bits per heavy atom. The van der Waals surface area contributed by atoms with Gasteiger partial charge in [0.25, 0.3) is 0 Å². The summed E-state index contributed by atoms with van der Waals surface area (Å²) in [5.41, 5.74) is 2.08. The van der Waals surface area contributed by atoms with Crippen LogP contribution in [0.2, 0.25) is 0 Å². The molecule has 126 valence electrons. The van der Waals surface area contributed by atoms with Crippen LogP contribution < -0.4 is 0 Å². The molecule has 0 spiro atoms. The lowest BCUT2D eigenvalue weighted by Gasteiger charge is -2.22. The van der Waals surface area contributed by atoms with Crippen molar-refractivity contribution in [3.63, 3.8) is 0 Å². The summed E-state index contributed by atoms with van der Waals surface area (Å²) in [5, 5.41) is 0. The molecule has 0 bridgehead atoms. The average molecular weight is 326 g/mol. The number of amides is 1. The predicted molar refractivity (Wildman–Crippen MR) is 92.1 cm³/mol. The lowest BCUT2D eigenvalue weighted by Crippen LogP contribution is -2.35. The fourth-order valence-electron chi connectivity index (χ4n) is 3.22. The van der Waals surface area contributed by atoms with E-state index in [1.807, 2.05) is 29.3 Å². The molecule has 1 heterocycles. The Balaban J connectivity index is 1.60. The van der Waals surface area contributed by atoms with Gasteiger partial charge in [0, 0.05) is 31.4 Å². The molecule has 0 aliphatic heterocycles. The van der Waals surface area contributed by atoms with Crippen molar-refractivity contribution < 1.29 is 9.18 Å².